The van der Waals surface area contributed by atoms with E-state index in [-0.39, 0.29) is 11.3 Å². The average Bonchev–Trinajstić information content (AvgIpc) is 2.28. The minimum absolute atomic E-state index is 0.155. The average molecular weight is 247 g/mol. The van der Waals surface area contributed by atoms with Crippen molar-refractivity contribution in [1.82, 2.24) is 4.98 Å². The van der Waals surface area contributed by atoms with Crippen molar-refractivity contribution < 1.29 is 23.0 Å². The van der Waals surface area contributed by atoms with Crippen LogP contribution in [0.15, 0.2) is 11.0 Å². The van der Waals surface area contributed by atoms with Gasteiger partial charge in [0.15, 0.2) is 5.75 Å². The maximum Gasteiger partial charge on any atom is 0.310 e. The van der Waals surface area contributed by atoms with Crippen molar-refractivity contribution in [3.63, 3.8) is 0 Å². The number of hydrogen-bond acceptors (Lipinski definition) is 4. The van der Waals surface area contributed by atoms with Crippen LogP contribution in [-0.4, -0.2) is 25.2 Å². The lowest BCUT2D eigenvalue weighted by molar-refractivity contribution is -0.139. The molecule has 94 valence electrons. The minimum Gasteiger partial charge on any atom is -0.491 e. The van der Waals surface area contributed by atoms with Gasteiger partial charge in [-0.05, 0) is 0 Å². The Bertz CT molecular complexity index is 470. The van der Waals surface area contributed by atoms with Gasteiger partial charge >= 0.3 is 5.97 Å². The molecule has 1 heterocycles. The van der Waals surface area contributed by atoms with Gasteiger partial charge in [-0.3, -0.25) is 9.59 Å². The molecule has 17 heavy (non-hydrogen) atoms. The molecule has 7 heteroatoms. The van der Waals surface area contributed by atoms with Crippen molar-refractivity contribution in [2.75, 3.05) is 14.2 Å². The van der Waals surface area contributed by atoms with Crippen LogP contribution >= 0.6 is 0 Å². The van der Waals surface area contributed by atoms with Crippen LogP contribution in [0.25, 0.3) is 0 Å². The van der Waals surface area contributed by atoms with E-state index in [0.29, 0.717) is 0 Å². The molecule has 0 bridgehead atoms. The number of methoxy groups -OCH3 is 2. The van der Waals surface area contributed by atoms with Crippen LogP contribution in [0.3, 0.4) is 0 Å². The Hall–Kier alpha value is -1.92. The van der Waals surface area contributed by atoms with Crippen LogP contribution in [-0.2, 0) is 16.0 Å². The lowest BCUT2D eigenvalue weighted by Gasteiger charge is -2.11. The van der Waals surface area contributed by atoms with Gasteiger partial charge in [-0.1, -0.05) is 0 Å². The summed E-state index contributed by atoms with van der Waals surface area (Å²) in [5.41, 5.74) is -1.28. The zero-order chi connectivity index (χ0) is 13.0. The van der Waals surface area contributed by atoms with Gasteiger partial charge in [0.25, 0.3) is 12.0 Å². The molecule has 0 aliphatic heterocycles. The summed E-state index contributed by atoms with van der Waals surface area (Å²) in [6, 6.07) is 0. The van der Waals surface area contributed by atoms with E-state index in [4.69, 9.17) is 4.74 Å². The third-order valence-corrected chi connectivity index (χ3v) is 2.18. The highest BCUT2D eigenvalue weighted by atomic mass is 19.3. The Kier molecular flexibility index (Phi) is 4.19. The van der Waals surface area contributed by atoms with Crippen molar-refractivity contribution in [2.45, 2.75) is 12.8 Å². The maximum atomic E-state index is 12.7. The fraction of sp³-hybridized carbons (Fsp3) is 0.400. The number of pyridine rings is 1. The van der Waals surface area contributed by atoms with E-state index < -0.39 is 29.9 Å². The van der Waals surface area contributed by atoms with Gasteiger partial charge in [-0.2, -0.15) is 0 Å². The zero-order valence-electron chi connectivity index (χ0n) is 9.25. The summed E-state index contributed by atoms with van der Waals surface area (Å²) in [6.07, 6.45) is -2.39. The van der Waals surface area contributed by atoms with Gasteiger partial charge in [0.1, 0.15) is 0 Å². The number of aromatic nitrogens is 1. The zero-order valence-corrected chi connectivity index (χ0v) is 9.25. The first-order chi connectivity index (χ1) is 8.01. The molecule has 0 unspecified atom stereocenters. The number of carbonyl (C=O) groups excluding carboxylic acids is 1. The second kappa shape index (κ2) is 5.42. The molecule has 0 radical (unpaired) electrons. The third kappa shape index (κ3) is 2.80. The number of nitrogens with one attached hydrogen (secondary N) is 1. The van der Waals surface area contributed by atoms with E-state index >= 15 is 0 Å². The normalized spacial score (nSPS) is 10.4. The second-order valence-electron chi connectivity index (χ2n) is 3.14. The molecule has 0 saturated carbocycles. The number of ether oxygens (including phenoxy) is 2. The molecule has 0 aromatic carbocycles. The second-order valence-corrected chi connectivity index (χ2v) is 3.14. The Labute approximate surface area is 95.4 Å². The standard InChI is InChI=1S/C10H11F2NO4/c1-16-7(14)3-5-6(9(11)12)4-13-10(15)8(5)17-2/h4,9H,3H2,1-2H3,(H,13,15). The van der Waals surface area contributed by atoms with Crippen molar-refractivity contribution >= 4 is 5.97 Å². The summed E-state index contributed by atoms with van der Waals surface area (Å²) in [7, 11) is 2.30. The van der Waals surface area contributed by atoms with Crippen molar-refractivity contribution in [3.8, 4) is 5.75 Å². The number of hydrogen-bond donors (Lipinski definition) is 1. The first-order valence-electron chi connectivity index (χ1n) is 4.64. The van der Waals surface area contributed by atoms with Gasteiger partial charge < -0.3 is 14.5 Å². The Balaban J connectivity index is 3.33. The monoisotopic (exact) mass is 247 g/mol. The van der Waals surface area contributed by atoms with Crippen LogP contribution in [0, 0.1) is 0 Å². The quantitative estimate of drug-likeness (QED) is 0.807. The molecule has 0 aliphatic rings. The van der Waals surface area contributed by atoms with Gasteiger partial charge in [0.05, 0.1) is 20.6 Å². The maximum absolute atomic E-state index is 12.7. The molecular weight excluding hydrogens is 236 g/mol. The summed E-state index contributed by atoms with van der Waals surface area (Å²) >= 11 is 0. The van der Waals surface area contributed by atoms with Crippen LogP contribution in [0.5, 0.6) is 5.75 Å². The molecule has 1 aromatic rings. The van der Waals surface area contributed by atoms with Crippen LogP contribution < -0.4 is 10.3 Å². The molecule has 5 nitrogen and oxygen atoms in total. The number of rotatable bonds is 4. The van der Waals surface area contributed by atoms with E-state index in [0.717, 1.165) is 13.3 Å². The fourth-order valence-corrected chi connectivity index (χ4v) is 1.37. The number of aromatic amines is 1. The van der Waals surface area contributed by atoms with Gasteiger partial charge in [0, 0.05) is 17.3 Å². The summed E-state index contributed by atoms with van der Waals surface area (Å²) in [4.78, 5) is 24.6. The Morgan fingerprint density at radius 3 is 2.59 bits per heavy atom. The number of halogens is 2. The predicted octanol–water partition coefficient (Wildman–Crippen LogP) is 1.04. The first kappa shape index (κ1) is 13.1. The van der Waals surface area contributed by atoms with Crippen molar-refractivity contribution in [1.29, 1.82) is 0 Å². The Morgan fingerprint density at radius 2 is 2.12 bits per heavy atom. The molecule has 0 spiro atoms. The third-order valence-electron chi connectivity index (χ3n) is 2.18. The molecule has 1 rings (SSSR count). The van der Waals surface area contributed by atoms with E-state index in [9.17, 15) is 18.4 Å². The lowest BCUT2D eigenvalue weighted by Crippen LogP contribution is -2.17. The van der Waals surface area contributed by atoms with Crippen LogP contribution in [0.4, 0.5) is 8.78 Å². The predicted molar refractivity (Wildman–Crippen MR) is 54.3 cm³/mol. The van der Waals surface area contributed by atoms with Crippen LogP contribution in [0.2, 0.25) is 0 Å². The number of alkyl halides is 2. The van der Waals surface area contributed by atoms with Gasteiger partial charge in [-0.15, -0.1) is 0 Å². The van der Waals surface area contributed by atoms with E-state index in [2.05, 4.69) is 9.72 Å². The Morgan fingerprint density at radius 1 is 1.47 bits per heavy atom. The van der Waals surface area contributed by atoms with E-state index in [1.54, 1.807) is 0 Å². The van der Waals surface area contributed by atoms with Crippen LogP contribution in [0.1, 0.15) is 17.6 Å². The summed E-state index contributed by atoms with van der Waals surface area (Å²) in [5.74, 6) is -1.02. The highest BCUT2D eigenvalue weighted by Gasteiger charge is 2.22. The smallest absolute Gasteiger partial charge is 0.310 e. The molecule has 0 atom stereocenters. The molecular formula is C10H11F2NO4. The number of carbonyl (C=O) groups is 1. The van der Waals surface area contributed by atoms with Gasteiger partial charge in [-0.25, -0.2) is 8.78 Å². The largest absolute Gasteiger partial charge is 0.491 e. The van der Waals surface area contributed by atoms with E-state index in [1.165, 1.54) is 7.11 Å². The highest BCUT2D eigenvalue weighted by molar-refractivity contribution is 5.74. The minimum atomic E-state index is -2.82. The molecule has 1 N–H and O–H groups in total. The topological polar surface area (TPSA) is 68.4 Å². The molecule has 0 amide bonds. The van der Waals surface area contributed by atoms with Gasteiger partial charge in [0.2, 0.25) is 0 Å². The van der Waals surface area contributed by atoms with Crippen molar-refractivity contribution in [2.24, 2.45) is 0 Å². The SMILES string of the molecule is COC(=O)Cc1c(C(F)F)c[nH]c(=O)c1OC. The summed E-state index contributed by atoms with van der Waals surface area (Å²) < 4.78 is 34.5. The highest BCUT2D eigenvalue weighted by Crippen LogP contribution is 2.27. The lowest BCUT2D eigenvalue weighted by atomic mass is 10.1. The summed E-state index contributed by atoms with van der Waals surface area (Å²) in [5, 5.41) is 0. The van der Waals surface area contributed by atoms with E-state index in [1.807, 2.05) is 0 Å². The fourth-order valence-electron chi connectivity index (χ4n) is 1.37. The molecule has 0 fully saturated rings. The first-order valence-corrected chi connectivity index (χ1v) is 4.64. The summed E-state index contributed by atoms with van der Waals surface area (Å²) in [6.45, 7) is 0. The number of H-pyrrole nitrogens is 1. The molecule has 0 saturated heterocycles. The number of esters is 1. The van der Waals surface area contributed by atoms with Crippen molar-refractivity contribution in [3.05, 3.63) is 27.7 Å². The molecule has 0 aliphatic carbocycles. The molecule has 1 aromatic heterocycles.